The van der Waals surface area contributed by atoms with Gasteiger partial charge in [0.25, 0.3) is 0 Å². The molecule has 0 bridgehead atoms. The number of hydrogen-bond donors (Lipinski definition) is 0. The average molecular weight is 309 g/mol. The molecule has 1 fully saturated rings. The van der Waals surface area contributed by atoms with Crippen LogP contribution in [0.1, 0.15) is 48.8 Å². The molecule has 1 aliphatic heterocycles. The minimum Gasteiger partial charge on any atom is -0.304 e. The summed E-state index contributed by atoms with van der Waals surface area (Å²) in [6, 6.07) is 0.253. The second-order valence-electron chi connectivity index (χ2n) is 6.47. The van der Waals surface area contributed by atoms with Crippen LogP contribution in [0.2, 0.25) is 5.15 Å². The van der Waals surface area contributed by atoms with Gasteiger partial charge in [-0.05, 0) is 59.3 Å². The predicted octanol–water partition coefficient (Wildman–Crippen LogP) is 2.71. The van der Waals surface area contributed by atoms with Gasteiger partial charge in [0.05, 0.1) is 6.04 Å². The Labute approximate surface area is 132 Å². The highest BCUT2D eigenvalue weighted by Crippen LogP contribution is 2.28. The van der Waals surface area contributed by atoms with Crippen molar-refractivity contribution in [1.82, 2.24) is 19.8 Å². The largest absolute Gasteiger partial charge is 0.304 e. The Hall–Kier alpha value is -0.710. The van der Waals surface area contributed by atoms with Crippen LogP contribution >= 0.6 is 11.6 Å². The van der Waals surface area contributed by atoms with Crippen LogP contribution in [-0.4, -0.2) is 53.5 Å². The third-order valence-corrected chi connectivity index (χ3v) is 5.08. The molecule has 3 rings (SSSR count). The first-order chi connectivity index (χ1) is 10.1. The molecular weight excluding hydrogens is 284 g/mol. The lowest BCUT2D eigenvalue weighted by molar-refractivity contribution is 0.219. The summed E-state index contributed by atoms with van der Waals surface area (Å²) in [5, 5.41) is 0.692. The third-order valence-electron chi connectivity index (χ3n) is 4.77. The summed E-state index contributed by atoms with van der Waals surface area (Å²) in [5.41, 5.74) is 2.39. The number of hydrogen-bond acceptors (Lipinski definition) is 4. The van der Waals surface area contributed by atoms with Gasteiger partial charge >= 0.3 is 0 Å². The van der Waals surface area contributed by atoms with Gasteiger partial charge in [0.2, 0.25) is 0 Å². The normalized spacial score (nSPS) is 25.2. The van der Waals surface area contributed by atoms with Crippen LogP contribution in [0.4, 0.5) is 0 Å². The van der Waals surface area contributed by atoms with Crippen LogP contribution in [0, 0.1) is 0 Å². The topological polar surface area (TPSA) is 32.3 Å². The molecule has 1 aromatic heterocycles. The quantitative estimate of drug-likeness (QED) is 0.590. The molecule has 1 saturated heterocycles. The average Bonchev–Trinajstić information content (AvgIpc) is 2.78. The van der Waals surface area contributed by atoms with Gasteiger partial charge in [0.15, 0.2) is 0 Å². The fourth-order valence-electron chi connectivity index (χ4n) is 3.44. The van der Waals surface area contributed by atoms with Crippen LogP contribution in [0.15, 0.2) is 0 Å². The van der Waals surface area contributed by atoms with E-state index in [2.05, 4.69) is 28.9 Å². The molecule has 1 unspecified atom stereocenters. The molecule has 0 N–H and O–H groups in total. The van der Waals surface area contributed by atoms with Crippen molar-refractivity contribution < 1.29 is 0 Å². The number of fused-ring (bicyclic) bond motifs is 1. The van der Waals surface area contributed by atoms with E-state index in [4.69, 9.17) is 16.6 Å². The van der Waals surface area contributed by atoms with Crippen molar-refractivity contribution >= 4 is 11.6 Å². The summed E-state index contributed by atoms with van der Waals surface area (Å²) < 4.78 is 0. The molecule has 1 atom stereocenters. The van der Waals surface area contributed by atoms with E-state index in [9.17, 15) is 0 Å². The zero-order chi connectivity index (χ0) is 14.8. The van der Waals surface area contributed by atoms with Crippen LogP contribution < -0.4 is 0 Å². The lowest BCUT2D eigenvalue weighted by atomic mass is 10.1. The molecule has 116 valence electrons. The first-order valence-corrected chi connectivity index (χ1v) is 8.47. The number of rotatable bonds is 1. The minimum absolute atomic E-state index is 0.253. The van der Waals surface area contributed by atoms with Crippen LogP contribution in [0.3, 0.4) is 0 Å². The highest BCUT2D eigenvalue weighted by molar-refractivity contribution is 6.30. The Bertz CT molecular complexity index is 505. The summed E-state index contributed by atoms with van der Waals surface area (Å²) in [7, 11) is 4.35. The molecule has 0 aromatic carbocycles. The maximum absolute atomic E-state index is 6.48. The summed E-state index contributed by atoms with van der Waals surface area (Å²) in [5.74, 6) is 0.914. The minimum atomic E-state index is 0.253. The van der Waals surface area contributed by atoms with E-state index in [0.717, 1.165) is 38.3 Å². The molecule has 21 heavy (non-hydrogen) atoms. The van der Waals surface area contributed by atoms with E-state index in [1.54, 1.807) is 0 Å². The van der Waals surface area contributed by atoms with E-state index in [1.165, 1.54) is 36.9 Å². The van der Waals surface area contributed by atoms with Crippen molar-refractivity contribution in [2.75, 3.05) is 33.7 Å². The van der Waals surface area contributed by atoms with E-state index >= 15 is 0 Å². The van der Waals surface area contributed by atoms with Crippen LogP contribution in [0.25, 0.3) is 0 Å². The fraction of sp³-hybridized carbons (Fsp3) is 0.750. The molecule has 4 nitrogen and oxygen atoms in total. The van der Waals surface area contributed by atoms with Crippen molar-refractivity contribution in [1.29, 1.82) is 0 Å². The van der Waals surface area contributed by atoms with E-state index < -0.39 is 0 Å². The zero-order valence-corrected chi connectivity index (χ0v) is 13.9. The van der Waals surface area contributed by atoms with Gasteiger partial charge in [-0.2, -0.15) is 0 Å². The van der Waals surface area contributed by atoms with E-state index in [-0.39, 0.29) is 6.04 Å². The lowest BCUT2D eigenvalue weighted by Crippen LogP contribution is -2.32. The highest BCUT2D eigenvalue weighted by atomic mass is 35.5. The fourth-order valence-corrected chi connectivity index (χ4v) is 3.73. The van der Waals surface area contributed by atoms with Gasteiger partial charge in [-0.25, -0.2) is 9.97 Å². The Morgan fingerprint density at radius 1 is 1.00 bits per heavy atom. The van der Waals surface area contributed by atoms with Crippen LogP contribution in [0.5, 0.6) is 0 Å². The molecule has 0 amide bonds. The molecule has 0 radical (unpaired) electrons. The summed E-state index contributed by atoms with van der Waals surface area (Å²) >= 11 is 6.48. The van der Waals surface area contributed by atoms with Crippen molar-refractivity contribution in [2.24, 2.45) is 0 Å². The third kappa shape index (κ3) is 3.38. The number of nitrogens with zero attached hydrogens (tertiary/aromatic N) is 4. The maximum Gasteiger partial charge on any atom is 0.148 e. The standard InChI is InChI=1S/C16H25ClN4/c1-20-9-6-10-21(2)14(11-20)16-18-13-8-5-3-4-7-12(13)15(17)19-16/h14H,3-11H2,1-2H3. The predicted molar refractivity (Wildman–Crippen MR) is 85.8 cm³/mol. The van der Waals surface area contributed by atoms with Gasteiger partial charge in [0, 0.05) is 17.8 Å². The highest BCUT2D eigenvalue weighted by Gasteiger charge is 2.26. The summed E-state index contributed by atoms with van der Waals surface area (Å²) in [6.45, 7) is 3.21. The van der Waals surface area contributed by atoms with Gasteiger partial charge in [-0.15, -0.1) is 0 Å². The molecule has 2 aliphatic rings. The molecular formula is C16H25ClN4. The first kappa shape index (κ1) is 15.2. The maximum atomic E-state index is 6.48. The smallest absolute Gasteiger partial charge is 0.148 e. The molecule has 2 heterocycles. The molecule has 1 aliphatic carbocycles. The second-order valence-corrected chi connectivity index (χ2v) is 6.83. The number of aromatic nitrogens is 2. The van der Waals surface area contributed by atoms with Crippen molar-refractivity contribution in [3.8, 4) is 0 Å². The molecule has 0 spiro atoms. The molecule has 5 heteroatoms. The zero-order valence-electron chi connectivity index (χ0n) is 13.1. The number of likely N-dealkylation sites (N-methyl/N-ethyl adjacent to an activating group) is 2. The van der Waals surface area contributed by atoms with Gasteiger partial charge in [-0.1, -0.05) is 18.0 Å². The summed E-state index contributed by atoms with van der Waals surface area (Å²) in [4.78, 5) is 14.3. The summed E-state index contributed by atoms with van der Waals surface area (Å²) in [6.07, 6.45) is 6.99. The van der Waals surface area contributed by atoms with Gasteiger partial charge in [0.1, 0.15) is 11.0 Å². The monoisotopic (exact) mass is 308 g/mol. The Kier molecular flexibility index (Phi) is 4.77. The van der Waals surface area contributed by atoms with Crippen LogP contribution in [-0.2, 0) is 12.8 Å². The Morgan fingerprint density at radius 2 is 1.81 bits per heavy atom. The van der Waals surface area contributed by atoms with Crippen molar-refractivity contribution in [3.05, 3.63) is 22.2 Å². The first-order valence-electron chi connectivity index (χ1n) is 8.09. The molecule has 1 aromatic rings. The van der Waals surface area contributed by atoms with Gasteiger partial charge in [-0.3, -0.25) is 4.90 Å². The number of halogens is 1. The second kappa shape index (κ2) is 6.59. The lowest BCUT2D eigenvalue weighted by Gasteiger charge is -2.26. The molecule has 0 saturated carbocycles. The van der Waals surface area contributed by atoms with Crippen molar-refractivity contribution in [2.45, 2.75) is 44.6 Å². The Morgan fingerprint density at radius 3 is 2.67 bits per heavy atom. The number of aryl methyl sites for hydroxylation is 1. The van der Waals surface area contributed by atoms with Crippen molar-refractivity contribution in [3.63, 3.8) is 0 Å². The van der Waals surface area contributed by atoms with Gasteiger partial charge < -0.3 is 4.90 Å². The van der Waals surface area contributed by atoms with E-state index in [0.29, 0.717) is 5.15 Å². The SMILES string of the molecule is CN1CCCN(C)C(c2nc(Cl)c3c(n2)CCCCC3)C1. The van der Waals surface area contributed by atoms with E-state index in [1.807, 2.05) is 0 Å². The Balaban J connectivity index is 1.94.